The van der Waals surface area contributed by atoms with Gasteiger partial charge in [0.1, 0.15) is 18.3 Å². The Balaban J connectivity index is 2.04. The number of rotatable bonds is 4. The van der Waals surface area contributed by atoms with Crippen LogP contribution in [0.3, 0.4) is 0 Å². The minimum absolute atomic E-state index is 0.422. The van der Waals surface area contributed by atoms with Crippen LogP contribution in [0.5, 0.6) is 0 Å². The number of H-pyrrole nitrogens is 1. The van der Waals surface area contributed by atoms with Gasteiger partial charge in [-0.25, -0.2) is 4.98 Å². The van der Waals surface area contributed by atoms with Crippen LogP contribution in [0.25, 0.3) is 11.1 Å². The zero-order valence-corrected chi connectivity index (χ0v) is 16.3. The Morgan fingerprint density at radius 2 is 2.04 bits per heavy atom. The van der Waals surface area contributed by atoms with Crippen molar-refractivity contribution in [2.24, 2.45) is 5.18 Å². The number of halogens is 1. The first-order valence-electron chi connectivity index (χ1n) is 8.45. The molecule has 27 heavy (non-hydrogen) atoms. The highest BCUT2D eigenvalue weighted by molar-refractivity contribution is 6.32. The lowest BCUT2D eigenvalue weighted by Crippen LogP contribution is -2.18. The average molecular weight is 381 g/mol. The predicted molar refractivity (Wildman–Crippen MR) is 104 cm³/mol. The van der Waals surface area contributed by atoms with Crippen LogP contribution >= 0.6 is 11.6 Å². The van der Waals surface area contributed by atoms with E-state index in [1.807, 2.05) is 38.4 Å². The molecule has 136 valence electrons. The van der Waals surface area contributed by atoms with Crippen molar-refractivity contribution in [2.75, 3.05) is 0 Å². The molecule has 3 aromatic rings. The van der Waals surface area contributed by atoms with Crippen LogP contribution in [0.1, 0.15) is 33.8 Å². The molecule has 7 heteroatoms. The number of hydrogen-bond donors (Lipinski definition) is 0. The van der Waals surface area contributed by atoms with Crippen LogP contribution in [0.15, 0.2) is 29.6 Å². The van der Waals surface area contributed by atoms with Crippen molar-refractivity contribution in [1.29, 1.82) is 5.26 Å². The fraction of sp³-hybridized carbons (Fsp3) is 0.250. The molecule has 1 N–H and O–H groups in total. The van der Waals surface area contributed by atoms with E-state index in [4.69, 9.17) is 16.9 Å². The summed E-state index contributed by atoms with van der Waals surface area (Å²) in [6.07, 6.45) is 1.78. The van der Waals surface area contributed by atoms with Crippen LogP contribution < -0.4 is 4.98 Å². The van der Waals surface area contributed by atoms with Gasteiger partial charge in [0.25, 0.3) is 0 Å². The lowest BCUT2D eigenvalue weighted by molar-refractivity contribution is -0.392. The zero-order chi connectivity index (χ0) is 19.7. The molecule has 3 rings (SSSR count). The Morgan fingerprint density at radius 1 is 1.30 bits per heavy atom. The normalized spacial score (nSPS) is 10.7. The summed E-state index contributed by atoms with van der Waals surface area (Å²) in [6.45, 7) is 8.15. The van der Waals surface area contributed by atoms with Crippen molar-refractivity contribution in [3.63, 3.8) is 0 Å². The molecule has 2 heterocycles. The molecule has 0 aliphatic heterocycles. The van der Waals surface area contributed by atoms with Crippen molar-refractivity contribution in [3.8, 4) is 17.2 Å². The van der Waals surface area contributed by atoms with Crippen LogP contribution in [0, 0.1) is 43.9 Å². The minimum Gasteiger partial charge on any atom is -0.258 e. The van der Waals surface area contributed by atoms with E-state index in [1.54, 1.807) is 18.3 Å². The summed E-state index contributed by atoms with van der Waals surface area (Å²) in [5.74, 6) is 0. The summed E-state index contributed by atoms with van der Waals surface area (Å²) in [7, 11) is 0. The Kier molecular flexibility index (Phi) is 5.06. The second-order valence-electron chi connectivity index (χ2n) is 6.53. The van der Waals surface area contributed by atoms with Gasteiger partial charge in [0.05, 0.1) is 16.3 Å². The maximum absolute atomic E-state index is 11.1. The number of nitroso groups, excluding NO2 is 1. The van der Waals surface area contributed by atoms with Crippen LogP contribution in [0.2, 0.25) is 5.02 Å². The summed E-state index contributed by atoms with van der Waals surface area (Å²) in [4.78, 5) is 14.4. The predicted octanol–water partition coefficient (Wildman–Crippen LogP) is 4.57. The molecule has 0 saturated heterocycles. The lowest BCUT2D eigenvalue weighted by atomic mass is 10.0. The van der Waals surface area contributed by atoms with Crippen molar-refractivity contribution >= 4 is 17.3 Å². The second kappa shape index (κ2) is 7.29. The van der Waals surface area contributed by atoms with E-state index < -0.39 is 0 Å². The van der Waals surface area contributed by atoms with Gasteiger partial charge in [0.2, 0.25) is 5.69 Å². The fourth-order valence-corrected chi connectivity index (χ4v) is 3.52. The van der Waals surface area contributed by atoms with Crippen molar-refractivity contribution in [2.45, 2.75) is 34.2 Å². The van der Waals surface area contributed by atoms with Crippen LogP contribution in [0.4, 0.5) is 5.69 Å². The molecule has 0 spiro atoms. The molecule has 0 atom stereocenters. The smallest absolute Gasteiger partial charge is 0.206 e. The van der Waals surface area contributed by atoms with Crippen LogP contribution in [-0.2, 0) is 6.54 Å². The highest BCUT2D eigenvalue weighted by Gasteiger charge is 2.20. The maximum Gasteiger partial charge on any atom is 0.206 e. The standard InChI is InChI=1S/C20H18ClN5O/c1-11-9-23-18(12(2)20(11)25-27)10-26-14(4)19(13(3)24-26)15-5-6-16(8-22)17(21)7-15/h5-7,9H,10H2,1-4H3/p+1. The van der Waals surface area contributed by atoms with Gasteiger partial charge in [-0.3, -0.25) is 4.68 Å². The molecular weight excluding hydrogens is 362 g/mol. The van der Waals surface area contributed by atoms with Gasteiger partial charge in [-0.1, -0.05) is 17.7 Å². The Bertz CT molecular complexity index is 1090. The van der Waals surface area contributed by atoms with Crippen molar-refractivity contribution in [3.05, 3.63) is 68.1 Å². The summed E-state index contributed by atoms with van der Waals surface area (Å²) >= 11 is 6.19. The summed E-state index contributed by atoms with van der Waals surface area (Å²) < 4.78 is 1.89. The van der Waals surface area contributed by atoms with Gasteiger partial charge in [-0.2, -0.15) is 10.4 Å². The molecule has 0 fully saturated rings. The maximum atomic E-state index is 11.1. The Hall–Kier alpha value is -3.04. The Labute approximate surface area is 162 Å². The SMILES string of the molecule is Cc1c[nH+]c(Cn2nc(C)c(-c3ccc(C#N)c(Cl)c3)c2C)c(C)c1N=O. The molecule has 2 aromatic heterocycles. The summed E-state index contributed by atoms with van der Waals surface area (Å²) in [6, 6.07) is 7.46. The number of aromatic amines is 1. The first kappa shape index (κ1) is 18.7. The van der Waals surface area contributed by atoms with E-state index in [-0.39, 0.29) is 0 Å². The number of nitrogens with one attached hydrogen (secondary N) is 1. The van der Waals surface area contributed by atoms with Crippen molar-refractivity contribution < 1.29 is 4.98 Å². The largest absolute Gasteiger partial charge is 0.258 e. The molecule has 0 amide bonds. The third-order valence-corrected chi connectivity index (χ3v) is 5.12. The number of benzene rings is 1. The number of aryl methyl sites for hydroxylation is 2. The number of pyridine rings is 1. The first-order chi connectivity index (χ1) is 12.9. The third-order valence-electron chi connectivity index (χ3n) is 4.80. The van der Waals surface area contributed by atoms with E-state index in [9.17, 15) is 4.91 Å². The number of nitrogens with zero attached hydrogens (tertiary/aromatic N) is 4. The quantitative estimate of drug-likeness (QED) is 0.621. The topological polar surface area (TPSA) is 85.2 Å². The molecule has 0 bridgehead atoms. The van der Waals surface area contributed by atoms with Gasteiger partial charge in [-0.05, 0) is 50.6 Å². The highest BCUT2D eigenvalue weighted by Crippen LogP contribution is 2.31. The summed E-state index contributed by atoms with van der Waals surface area (Å²) in [5.41, 5.74) is 7.17. The van der Waals surface area contributed by atoms with Crippen molar-refractivity contribution in [1.82, 2.24) is 9.78 Å². The van der Waals surface area contributed by atoms with Gasteiger partial charge in [0, 0.05) is 22.4 Å². The number of hydrogen-bond acceptors (Lipinski definition) is 4. The molecule has 1 aromatic carbocycles. The highest BCUT2D eigenvalue weighted by atomic mass is 35.5. The lowest BCUT2D eigenvalue weighted by Gasteiger charge is -2.07. The van der Waals surface area contributed by atoms with Gasteiger partial charge in [0.15, 0.2) is 6.20 Å². The molecule has 0 aliphatic rings. The molecule has 6 nitrogen and oxygen atoms in total. The van der Waals surface area contributed by atoms with E-state index >= 15 is 0 Å². The molecule has 0 radical (unpaired) electrons. The minimum atomic E-state index is 0.422. The monoisotopic (exact) mass is 380 g/mol. The van der Waals surface area contributed by atoms with E-state index in [2.05, 4.69) is 21.3 Å². The van der Waals surface area contributed by atoms with Gasteiger partial charge >= 0.3 is 0 Å². The van der Waals surface area contributed by atoms with E-state index in [0.29, 0.717) is 22.8 Å². The molecular formula is C20H19ClN5O+. The van der Waals surface area contributed by atoms with E-state index in [0.717, 1.165) is 39.3 Å². The fourth-order valence-electron chi connectivity index (χ4n) is 3.30. The van der Waals surface area contributed by atoms with E-state index in [1.165, 1.54) is 0 Å². The number of aromatic nitrogens is 3. The molecule has 0 saturated carbocycles. The molecule has 0 aliphatic carbocycles. The first-order valence-corrected chi connectivity index (χ1v) is 8.83. The number of nitriles is 1. The van der Waals surface area contributed by atoms with Gasteiger partial charge < -0.3 is 0 Å². The molecule has 0 unspecified atom stereocenters. The van der Waals surface area contributed by atoms with Crippen LogP contribution in [-0.4, -0.2) is 9.78 Å². The Morgan fingerprint density at radius 3 is 2.67 bits per heavy atom. The zero-order valence-electron chi connectivity index (χ0n) is 15.6. The third kappa shape index (κ3) is 3.34. The summed E-state index contributed by atoms with van der Waals surface area (Å²) in [5, 5.41) is 17.3. The second-order valence-corrected chi connectivity index (χ2v) is 6.93. The van der Waals surface area contributed by atoms with Gasteiger partial charge in [-0.15, -0.1) is 4.91 Å². The average Bonchev–Trinajstić information content (AvgIpc) is 2.91.